The molecular formula is C32H49NO3. The highest BCUT2D eigenvalue weighted by Crippen LogP contribution is 2.44. The van der Waals surface area contributed by atoms with E-state index < -0.39 is 0 Å². The molecule has 0 aliphatic carbocycles. The normalized spacial score (nSPS) is 12.8. The van der Waals surface area contributed by atoms with Gasteiger partial charge in [-0.05, 0) is 60.8 Å². The van der Waals surface area contributed by atoms with Gasteiger partial charge in [0.05, 0.1) is 0 Å². The third-order valence-electron chi connectivity index (χ3n) is 7.37. The molecule has 0 aliphatic rings. The maximum atomic E-state index is 11.8. The second-order valence-electron chi connectivity index (χ2n) is 10.2. The number of carbonyl (C=O) groups is 1. The minimum absolute atomic E-state index is 0.170. The largest absolute Gasteiger partial charge is 0.508 e. The van der Waals surface area contributed by atoms with Crippen LogP contribution < -0.4 is 5.32 Å². The first kappa shape index (κ1) is 29.7. The van der Waals surface area contributed by atoms with Gasteiger partial charge in [-0.1, -0.05) is 108 Å². The Bertz CT molecular complexity index is 866. The maximum absolute atomic E-state index is 11.8. The van der Waals surface area contributed by atoms with Gasteiger partial charge in [-0.2, -0.15) is 0 Å². The Morgan fingerprint density at radius 2 is 1.22 bits per heavy atom. The van der Waals surface area contributed by atoms with E-state index in [1.54, 1.807) is 12.1 Å². The van der Waals surface area contributed by atoms with Crippen molar-refractivity contribution in [2.45, 2.75) is 116 Å². The lowest BCUT2D eigenvalue weighted by Gasteiger charge is -2.28. The van der Waals surface area contributed by atoms with Gasteiger partial charge in [0.1, 0.15) is 11.5 Å². The fourth-order valence-corrected chi connectivity index (χ4v) is 5.30. The number of amides is 1. The predicted molar refractivity (Wildman–Crippen MR) is 151 cm³/mol. The number of hydrogen-bond donors (Lipinski definition) is 3. The van der Waals surface area contributed by atoms with E-state index in [9.17, 15) is 15.0 Å². The molecule has 2 aromatic carbocycles. The van der Waals surface area contributed by atoms with Gasteiger partial charge in [-0.25, -0.2) is 0 Å². The Hall–Kier alpha value is -2.49. The van der Waals surface area contributed by atoms with Crippen molar-refractivity contribution in [1.82, 2.24) is 5.32 Å². The van der Waals surface area contributed by atoms with Crippen LogP contribution in [0.15, 0.2) is 48.5 Å². The molecular weight excluding hydrogens is 446 g/mol. The van der Waals surface area contributed by atoms with Crippen molar-refractivity contribution in [3.63, 3.8) is 0 Å². The molecule has 0 aliphatic heterocycles. The van der Waals surface area contributed by atoms with Crippen LogP contribution in [-0.2, 0) is 4.79 Å². The molecule has 0 saturated carbocycles. The Morgan fingerprint density at radius 1 is 0.694 bits per heavy atom. The number of phenols is 2. The SMILES string of the molecule is CCCCCNC(=O)CCCCCCCCCCC(c1ccccc1O)C(CC)c1ccccc1O. The molecule has 2 unspecified atom stereocenters. The molecule has 200 valence electrons. The highest BCUT2D eigenvalue weighted by molar-refractivity contribution is 5.75. The molecule has 3 N–H and O–H groups in total. The molecule has 2 atom stereocenters. The fourth-order valence-electron chi connectivity index (χ4n) is 5.30. The van der Waals surface area contributed by atoms with E-state index in [4.69, 9.17) is 0 Å². The summed E-state index contributed by atoms with van der Waals surface area (Å²) in [6, 6.07) is 15.3. The summed E-state index contributed by atoms with van der Waals surface area (Å²) in [6.07, 6.45) is 15.3. The summed E-state index contributed by atoms with van der Waals surface area (Å²) >= 11 is 0. The average molecular weight is 496 g/mol. The zero-order valence-corrected chi connectivity index (χ0v) is 22.7. The molecule has 0 bridgehead atoms. The number of nitrogens with one attached hydrogen (secondary N) is 1. The number of unbranched alkanes of at least 4 members (excludes halogenated alkanes) is 9. The van der Waals surface area contributed by atoms with Gasteiger partial charge in [-0.3, -0.25) is 4.79 Å². The van der Waals surface area contributed by atoms with Crippen molar-refractivity contribution in [3.05, 3.63) is 59.7 Å². The van der Waals surface area contributed by atoms with E-state index in [-0.39, 0.29) is 17.7 Å². The van der Waals surface area contributed by atoms with Crippen LogP contribution in [0.25, 0.3) is 0 Å². The number of hydrogen-bond acceptors (Lipinski definition) is 3. The smallest absolute Gasteiger partial charge is 0.219 e. The lowest BCUT2D eigenvalue weighted by Crippen LogP contribution is -2.23. The lowest BCUT2D eigenvalue weighted by molar-refractivity contribution is -0.121. The van der Waals surface area contributed by atoms with Gasteiger partial charge < -0.3 is 15.5 Å². The van der Waals surface area contributed by atoms with Crippen molar-refractivity contribution in [3.8, 4) is 11.5 Å². The minimum atomic E-state index is 0.170. The molecule has 4 heteroatoms. The summed E-state index contributed by atoms with van der Waals surface area (Å²) in [5, 5.41) is 24.1. The molecule has 36 heavy (non-hydrogen) atoms. The summed E-state index contributed by atoms with van der Waals surface area (Å²) < 4.78 is 0. The predicted octanol–water partition coefficient (Wildman–Crippen LogP) is 8.58. The topological polar surface area (TPSA) is 69.6 Å². The number of aromatic hydroxyl groups is 2. The van der Waals surface area contributed by atoms with Crippen LogP contribution in [0.5, 0.6) is 11.5 Å². The third kappa shape index (κ3) is 10.6. The fraction of sp³-hybridized carbons (Fsp3) is 0.594. The molecule has 0 saturated heterocycles. The zero-order valence-electron chi connectivity index (χ0n) is 22.7. The molecule has 4 nitrogen and oxygen atoms in total. The van der Waals surface area contributed by atoms with E-state index in [0.29, 0.717) is 17.9 Å². The summed E-state index contributed by atoms with van der Waals surface area (Å²) in [4.78, 5) is 11.8. The number of rotatable bonds is 19. The lowest BCUT2D eigenvalue weighted by atomic mass is 9.76. The molecule has 0 aromatic heterocycles. The number of phenolic OH excluding ortho intramolecular Hbond substituents is 2. The summed E-state index contributed by atoms with van der Waals surface area (Å²) in [5.41, 5.74) is 1.96. The van der Waals surface area contributed by atoms with Crippen molar-refractivity contribution < 1.29 is 15.0 Å². The standard InChI is InChI=1S/C32H49NO3/c1-3-5-18-25-33-32(36)24-13-11-9-7-6-8-10-12-19-27(29-21-15-17-23-31(29)35)26(4-2)28-20-14-16-22-30(28)34/h14-17,20-23,26-27,34-35H,3-13,18-19,24-25H2,1-2H3,(H,33,36). The highest BCUT2D eigenvalue weighted by Gasteiger charge is 2.27. The quantitative estimate of drug-likeness (QED) is 0.171. The average Bonchev–Trinajstić information content (AvgIpc) is 2.88. The Kier molecular flexibility index (Phi) is 14.8. The van der Waals surface area contributed by atoms with Crippen LogP contribution in [-0.4, -0.2) is 22.7 Å². The van der Waals surface area contributed by atoms with Gasteiger partial charge in [0.2, 0.25) is 5.91 Å². The zero-order chi connectivity index (χ0) is 26.0. The van der Waals surface area contributed by atoms with E-state index in [0.717, 1.165) is 56.2 Å². The molecule has 1 amide bonds. The van der Waals surface area contributed by atoms with Crippen LogP contribution in [0.4, 0.5) is 0 Å². The number of para-hydroxylation sites is 2. The Labute approximate surface area is 219 Å². The maximum Gasteiger partial charge on any atom is 0.219 e. The van der Waals surface area contributed by atoms with Crippen LogP contribution in [0, 0.1) is 0 Å². The Morgan fingerprint density at radius 3 is 1.78 bits per heavy atom. The first-order valence-electron chi connectivity index (χ1n) is 14.4. The number of benzene rings is 2. The first-order valence-corrected chi connectivity index (χ1v) is 14.4. The van der Waals surface area contributed by atoms with Gasteiger partial charge in [-0.15, -0.1) is 0 Å². The van der Waals surface area contributed by atoms with E-state index in [1.165, 1.54) is 44.9 Å². The summed E-state index contributed by atoms with van der Waals surface area (Å²) in [5.74, 6) is 1.25. The van der Waals surface area contributed by atoms with Crippen LogP contribution in [0.2, 0.25) is 0 Å². The van der Waals surface area contributed by atoms with Crippen LogP contribution in [0.1, 0.15) is 127 Å². The molecule has 2 aromatic rings. The summed E-state index contributed by atoms with van der Waals surface area (Å²) in [7, 11) is 0. The minimum Gasteiger partial charge on any atom is -0.508 e. The Balaban J connectivity index is 1.71. The van der Waals surface area contributed by atoms with Crippen molar-refractivity contribution >= 4 is 5.91 Å². The second kappa shape index (κ2) is 17.9. The van der Waals surface area contributed by atoms with Gasteiger partial charge in [0.25, 0.3) is 0 Å². The second-order valence-corrected chi connectivity index (χ2v) is 10.2. The monoisotopic (exact) mass is 495 g/mol. The molecule has 0 radical (unpaired) electrons. The van der Waals surface area contributed by atoms with E-state index in [2.05, 4.69) is 19.2 Å². The van der Waals surface area contributed by atoms with Gasteiger partial charge in [0.15, 0.2) is 0 Å². The van der Waals surface area contributed by atoms with Crippen molar-refractivity contribution in [1.29, 1.82) is 0 Å². The summed E-state index contributed by atoms with van der Waals surface area (Å²) in [6.45, 7) is 5.16. The highest BCUT2D eigenvalue weighted by atomic mass is 16.3. The van der Waals surface area contributed by atoms with E-state index >= 15 is 0 Å². The van der Waals surface area contributed by atoms with Gasteiger partial charge in [0, 0.05) is 13.0 Å². The molecule has 0 fully saturated rings. The van der Waals surface area contributed by atoms with Crippen LogP contribution >= 0.6 is 0 Å². The third-order valence-corrected chi connectivity index (χ3v) is 7.37. The molecule has 2 rings (SSSR count). The number of carbonyl (C=O) groups excluding carboxylic acids is 1. The molecule has 0 spiro atoms. The van der Waals surface area contributed by atoms with Crippen LogP contribution in [0.3, 0.4) is 0 Å². The molecule has 0 heterocycles. The van der Waals surface area contributed by atoms with E-state index in [1.807, 2.05) is 36.4 Å². The van der Waals surface area contributed by atoms with Crippen molar-refractivity contribution in [2.24, 2.45) is 0 Å². The first-order chi connectivity index (χ1) is 17.6. The van der Waals surface area contributed by atoms with Crippen molar-refractivity contribution in [2.75, 3.05) is 6.54 Å². The van der Waals surface area contributed by atoms with Gasteiger partial charge >= 0.3 is 0 Å².